The third kappa shape index (κ3) is 4.67. The molecule has 0 radical (unpaired) electrons. The van der Waals surface area contributed by atoms with E-state index in [1.165, 1.54) is 6.07 Å². The summed E-state index contributed by atoms with van der Waals surface area (Å²) in [5.41, 5.74) is 12.4. The molecular formula is C17H21ClN4O2. The fourth-order valence-electron chi connectivity index (χ4n) is 2.30. The summed E-state index contributed by atoms with van der Waals surface area (Å²) in [6.07, 6.45) is 3.79. The Labute approximate surface area is 145 Å². The number of hydrogen-bond donors (Lipinski definition) is 4. The Bertz CT molecular complexity index is 701. The summed E-state index contributed by atoms with van der Waals surface area (Å²) in [6.45, 7) is 0.570. The highest BCUT2D eigenvalue weighted by atomic mass is 35.5. The SMILES string of the molecule is NCCCC[C@H](N)C(=O)Nc1ccc(Cl)cc1C(=O)c1ccc[nH]1. The van der Waals surface area contributed by atoms with Gasteiger partial charge in [-0.15, -0.1) is 0 Å². The minimum absolute atomic E-state index is 0.255. The van der Waals surface area contributed by atoms with Crippen molar-refractivity contribution in [2.75, 3.05) is 11.9 Å². The number of unbranched alkanes of at least 4 members (excludes halogenated alkanes) is 1. The Hall–Kier alpha value is -2.15. The minimum atomic E-state index is -0.652. The van der Waals surface area contributed by atoms with E-state index >= 15 is 0 Å². The summed E-state index contributed by atoms with van der Waals surface area (Å²) < 4.78 is 0. The van der Waals surface area contributed by atoms with Gasteiger partial charge in [0.15, 0.2) is 0 Å². The molecule has 0 fully saturated rings. The molecule has 24 heavy (non-hydrogen) atoms. The van der Waals surface area contributed by atoms with Crippen molar-refractivity contribution >= 4 is 29.0 Å². The zero-order valence-electron chi connectivity index (χ0n) is 13.2. The Morgan fingerprint density at radius 1 is 1.25 bits per heavy atom. The Balaban J connectivity index is 2.15. The number of ketones is 1. The predicted molar refractivity (Wildman–Crippen MR) is 95.2 cm³/mol. The highest BCUT2D eigenvalue weighted by molar-refractivity contribution is 6.31. The van der Waals surface area contributed by atoms with Crippen LogP contribution in [0.25, 0.3) is 0 Å². The van der Waals surface area contributed by atoms with E-state index in [0.717, 1.165) is 12.8 Å². The summed E-state index contributed by atoms with van der Waals surface area (Å²) >= 11 is 5.99. The molecule has 6 N–H and O–H groups in total. The molecule has 1 aromatic carbocycles. The largest absolute Gasteiger partial charge is 0.359 e. The molecule has 7 heteroatoms. The van der Waals surface area contributed by atoms with Crippen LogP contribution in [-0.4, -0.2) is 29.3 Å². The van der Waals surface area contributed by atoms with Crippen LogP contribution in [-0.2, 0) is 4.79 Å². The highest BCUT2D eigenvalue weighted by Crippen LogP contribution is 2.23. The summed E-state index contributed by atoms with van der Waals surface area (Å²) in [5.74, 6) is -0.593. The Morgan fingerprint density at radius 3 is 2.71 bits per heavy atom. The van der Waals surface area contributed by atoms with Gasteiger partial charge in [-0.3, -0.25) is 9.59 Å². The minimum Gasteiger partial charge on any atom is -0.359 e. The Morgan fingerprint density at radius 2 is 2.04 bits per heavy atom. The first-order chi connectivity index (χ1) is 11.5. The van der Waals surface area contributed by atoms with Crippen LogP contribution in [0, 0.1) is 0 Å². The number of hydrogen-bond acceptors (Lipinski definition) is 4. The van der Waals surface area contributed by atoms with E-state index in [0.29, 0.717) is 34.9 Å². The summed E-state index contributed by atoms with van der Waals surface area (Å²) in [6, 6.07) is 7.48. The second kappa shape index (κ2) is 8.63. The van der Waals surface area contributed by atoms with Crippen LogP contribution < -0.4 is 16.8 Å². The maximum absolute atomic E-state index is 12.6. The standard InChI is InChI=1S/C17H21ClN4O2/c18-11-6-7-14(22-17(24)13(20)4-1-2-8-19)12(10-11)16(23)15-5-3-9-21-15/h3,5-7,9-10,13,21H,1-2,4,8,19-20H2,(H,22,24)/t13-/m0/s1. The number of carbonyl (C=O) groups is 2. The molecule has 6 nitrogen and oxygen atoms in total. The third-order valence-corrected chi connectivity index (χ3v) is 3.87. The predicted octanol–water partition coefficient (Wildman–Crippen LogP) is 2.29. The monoisotopic (exact) mass is 348 g/mol. The second-order valence-electron chi connectivity index (χ2n) is 5.48. The molecule has 0 saturated heterocycles. The number of nitrogens with two attached hydrogens (primary N) is 2. The summed E-state index contributed by atoms with van der Waals surface area (Å²) in [4.78, 5) is 27.6. The number of aromatic nitrogens is 1. The van der Waals surface area contributed by atoms with E-state index in [1.807, 2.05) is 0 Å². The molecule has 1 heterocycles. The average molecular weight is 349 g/mol. The summed E-state index contributed by atoms with van der Waals surface area (Å²) in [5, 5.41) is 3.13. The van der Waals surface area contributed by atoms with Crippen LogP contribution in [0.2, 0.25) is 5.02 Å². The maximum Gasteiger partial charge on any atom is 0.241 e. The van der Waals surface area contributed by atoms with Crippen molar-refractivity contribution in [1.29, 1.82) is 0 Å². The van der Waals surface area contributed by atoms with Gasteiger partial charge in [0.2, 0.25) is 11.7 Å². The van der Waals surface area contributed by atoms with Gasteiger partial charge in [-0.05, 0) is 49.7 Å². The van der Waals surface area contributed by atoms with E-state index in [2.05, 4.69) is 10.3 Å². The number of H-pyrrole nitrogens is 1. The first-order valence-electron chi connectivity index (χ1n) is 7.77. The molecule has 2 aromatic rings. The van der Waals surface area contributed by atoms with Crippen LogP contribution in [0.15, 0.2) is 36.5 Å². The van der Waals surface area contributed by atoms with Crippen molar-refractivity contribution in [3.8, 4) is 0 Å². The molecule has 0 saturated carbocycles. The van der Waals surface area contributed by atoms with E-state index in [4.69, 9.17) is 23.1 Å². The van der Waals surface area contributed by atoms with Crippen molar-refractivity contribution in [2.24, 2.45) is 11.5 Å². The fraction of sp³-hybridized carbons (Fsp3) is 0.294. The molecule has 1 amide bonds. The van der Waals surface area contributed by atoms with Crippen molar-refractivity contribution in [3.63, 3.8) is 0 Å². The smallest absolute Gasteiger partial charge is 0.241 e. The van der Waals surface area contributed by atoms with Gasteiger partial charge >= 0.3 is 0 Å². The molecule has 2 rings (SSSR count). The van der Waals surface area contributed by atoms with Crippen LogP contribution in [0.1, 0.15) is 35.3 Å². The Kier molecular flexibility index (Phi) is 6.54. The van der Waals surface area contributed by atoms with Gasteiger partial charge in [0.05, 0.1) is 17.4 Å². The van der Waals surface area contributed by atoms with Crippen molar-refractivity contribution in [1.82, 2.24) is 4.98 Å². The number of nitrogens with one attached hydrogen (secondary N) is 2. The van der Waals surface area contributed by atoms with Crippen LogP contribution >= 0.6 is 11.6 Å². The number of halogens is 1. The lowest BCUT2D eigenvalue weighted by molar-refractivity contribution is -0.117. The molecule has 128 valence electrons. The van der Waals surface area contributed by atoms with E-state index < -0.39 is 6.04 Å². The fourth-order valence-corrected chi connectivity index (χ4v) is 2.47. The number of aromatic amines is 1. The van der Waals surface area contributed by atoms with Gasteiger partial charge in [0.1, 0.15) is 0 Å². The average Bonchev–Trinajstić information content (AvgIpc) is 3.10. The molecule has 1 aromatic heterocycles. The zero-order chi connectivity index (χ0) is 17.5. The topological polar surface area (TPSA) is 114 Å². The molecule has 0 aliphatic heterocycles. The molecule has 0 bridgehead atoms. The van der Waals surface area contributed by atoms with Gasteiger partial charge in [-0.25, -0.2) is 0 Å². The first kappa shape index (κ1) is 18.2. The molecule has 0 aliphatic carbocycles. The number of benzene rings is 1. The summed E-state index contributed by atoms with van der Waals surface area (Å²) in [7, 11) is 0. The molecule has 0 spiro atoms. The number of anilines is 1. The zero-order valence-corrected chi connectivity index (χ0v) is 14.0. The first-order valence-corrected chi connectivity index (χ1v) is 8.15. The quantitative estimate of drug-likeness (QED) is 0.433. The van der Waals surface area contributed by atoms with E-state index in [-0.39, 0.29) is 11.7 Å². The maximum atomic E-state index is 12.6. The van der Waals surface area contributed by atoms with Crippen LogP contribution in [0.3, 0.4) is 0 Å². The lowest BCUT2D eigenvalue weighted by Crippen LogP contribution is -2.36. The number of carbonyl (C=O) groups excluding carboxylic acids is 2. The number of rotatable bonds is 8. The van der Waals surface area contributed by atoms with E-state index in [1.54, 1.807) is 30.5 Å². The normalized spacial score (nSPS) is 12.0. The van der Waals surface area contributed by atoms with Gasteiger partial charge < -0.3 is 21.8 Å². The van der Waals surface area contributed by atoms with Crippen LogP contribution in [0.4, 0.5) is 5.69 Å². The van der Waals surface area contributed by atoms with Crippen molar-refractivity contribution in [2.45, 2.75) is 25.3 Å². The van der Waals surface area contributed by atoms with Crippen molar-refractivity contribution in [3.05, 3.63) is 52.8 Å². The molecule has 0 unspecified atom stereocenters. The van der Waals surface area contributed by atoms with Crippen LogP contribution in [0.5, 0.6) is 0 Å². The third-order valence-electron chi connectivity index (χ3n) is 3.63. The lowest BCUT2D eigenvalue weighted by Gasteiger charge is -2.14. The second-order valence-corrected chi connectivity index (χ2v) is 5.92. The van der Waals surface area contributed by atoms with Gasteiger partial charge in [-0.1, -0.05) is 18.0 Å². The van der Waals surface area contributed by atoms with Crippen molar-refractivity contribution < 1.29 is 9.59 Å². The van der Waals surface area contributed by atoms with E-state index in [9.17, 15) is 9.59 Å². The van der Waals surface area contributed by atoms with Gasteiger partial charge in [-0.2, -0.15) is 0 Å². The number of amides is 1. The molecule has 1 atom stereocenters. The molecular weight excluding hydrogens is 328 g/mol. The van der Waals surface area contributed by atoms with Gasteiger partial charge in [0, 0.05) is 16.8 Å². The molecule has 0 aliphatic rings. The van der Waals surface area contributed by atoms with Gasteiger partial charge in [0.25, 0.3) is 0 Å². The lowest BCUT2D eigenvalue weighted by atomic mass is 10.0. The highest BCUT2D eigenvalue weighted by Gasteiger charge is 2.19.